The van der Waals surface area contributed by atoms with Crippen molar-refractivity contribution in [3.8, 4) is 5.75 Å². The Labute approximate surface area is 98.4 Å². The van der Waals surface area contributed by atoms with Gasteiger partial charge in [-0.1, -0.05) is 11.6 Å². The van der Waals surface area contributed by atoms with E-state index < -0.39 is 9.05 Å². The smallest absolute Gasteiger partial charge is 0.261 e. The maximum absolute atomic E-state index is 11.0. The molecule has 0 bridgehead atoms. The molecule has 0 atom stereocenters. The monoisotopic (exact) mass is 268 g/mol. The molecule has 0 spiro atoms. The Hall–Kier alpha value is -0.450. The first-order valence-corrected chi connectivity index (χ1v) is 6.90. The third kappa shape index (κ3) is 3.55. The third-order valence-electron chi connectivity index (χ3n) is 1.55. The average molecular weight is 269 g/mol. The maximum atomic E-state index is 11.0. The summed E-state index contributed by atoms with van der Waals surface area (Å²) in [5, 5.41) is 0.227. The van der Waals surface area contributed by atoms with Gasteiger partial charge < -0.3 is 4.74 Å². The van der Waals surface area contributed by atoms with E-state index >= 15 is 0 Å². The molecular formula is C9H10Cl2O3S. The quantitative estimate of drug-likeness (QED) is 0.792. The van der Waals surface area contributed by atoms with E-state index in [2.05, 4.69) is 0 Å². The molecule has 1 aromatic rings. The van der Waals surface area contributed by atoms with Crippen LogP contribution < -0.4 is 4.74 Å². The molecule has 0 radical (unpaired) electrons. The fourth-order valence-corrected chi connectivity index (χ4v) is 2.05. The van der Waals surface area contributed by atoms with Crippen LogP contribution >= 0.6 is 22.3 Å². The molecule has 0 aliphatic heterocycles. The summed E-state index contributed by atoms with van der Waals surface area (Å²) >= 11 is 5.83. The first-order chi connectivity index (χ1) is 6.80. The molecule has 0 aliphatic carbocycles. The molecule has 1 aromatic carbocycles. The first kappa shape index (κ1) is 12.6. The minimum Gasteiger partial charge on any atom is -0.489 e. The van der Waals surface area contributed by atoms with Crippen molar-refractivity contribution in [2.24, 2.45) is 0 Å². The van der Waals surface area contributed by atoms with Gasteiger partial charge >= 0.3 is 0 Å². The van der Waals surface area contributed by atoms with Crippen molar-refractivity contribution >= 4 is 31.3 Å². The van der Waals surface area contributed by atoms with Crippen LogP contribution in [0.25, 0.3) is 0 Å². The molecule has 3 nitrogen and oxygen atoms in total. The molecule has 0 amide bonds. The lowest BCUT2D eigenvalue weighted by Crippen LogP contribution is -2.06. The number of rotatable bonds is 3. The molecule has 0 saturated heterocycles. The van der Waals surface area contributed by atoms with Crippen LogP contribution in [0.15, 0.2) is 23.1 Å². The first-order valence-electron chi connectivity index (χ1n) is 4.21. The van der Waals surface area contributed by atoms with Gasteiger partial charge in [0.1, 0.15) is 5.75 Å². The molecule has 0 aliphatic rings. The third-order valence-corrected chi connectivity index (χ3v) is 3.19. The molecule has 0 saturated carbocycles. The van der Waals surface area contributed by atoms with Crippen LogP contribution in [0.1, 0.15) is 13.8 Å². The maximum Gasteiger partial charge on any atom is 0.261 e. The predicted octanol–water partition coefficient (Wildman–Crippen LogP) is 3.05. The lowest BCUT2D eigenvalue weighted by Gasteiger charge is -2.11. The highest BCUT2D eigenvalue weighted by Crippen LogP contribution is 2.29. The van der Waals surface area contributed by atoms with Gasteiger partial charge in [-0.25, -0.2) is 8.42 Å². The highest BCUT2D eigenvalue weighted by atomic mass is 35.7. The SMILES string of the molecule is CC(C)Oc1ccc(S(=O)(=O)Cl)cc1Cl. The Morgan fingerprint density at radius 1 is 1.33 bits per heavy atom. The predicted molar refractivity (Wildman–Crippen MR) is 60.3 cm³/mol. The fraction of sp³-hybridized carbons (Fsp3) is 0.333. The zero-order chi connectivity index (χ0) is 11.6. The van der Waals surface area contributed by atoms with Gasteiger partial charge in [-0.05, 0) is 32.0 Å². The van der Waals surface area contributed by atoms with Crippen LogP contribution in [0.3, 0.4) is 0 Å². The van der Waals surface area contributed by atoms with Crippen LogP contribution in [0.5, 0.6) is 5.75 Å². The molecule has 0 N–H and O–H groups in total. The summed E-state index contributed by atoms with van der Waals surface area (Å²) in [4.78, 5) is -0.0368. The Morgan fingerprint density at radius 3 is 2.33 bits per heavy atom. The summed E-state index contributed by atoms with van der Waals surface area (Å²) in [6, 6.07) is 4.10. The molecule has 0 fully saturated rings. The Kier molecular flexibility index (Phi) is 3.87. The fourth-order valence-electron chi connectivity index (χ4n) is 0.983. The van der Waals surface area contributed by atoms with Gasteiger partial charge in [0, 0.05) is 10.7 Å². The molecular weight excluding hydrogens is 259 g/mol. The highest BCUT2D eigenvalue weighted by Gasteiger charge is 2.13. The number of hydrogen-bond acceptors (Lipinski definition) is 3. The van der Waals surface area contributed by atoms with Crippen molar-refractivity contribution in [3.63, 3.8) is 0 Å². The summed E-state index contributed by atoms with van der Waals surface area (Å²) < 4.78 is 27.3. The van der Waals surface area contributed by atoms with Gasteiger partial charge in [-0.15, -0.1) is 0 Å². The summed E-state index contributed by atoms with van der Waals surface area (Å²) in [7, 11) is 1.42. The Balaban J connectivity index is 3.09. The van der Waals surface area contributed by atoms with E-state index in [1.807, 2.05) is 13.8 Å². The highest BCUT2D eigenvalue weighted by molar-refractivity contribution is 8.13. The zero-order valence-electron chi connectivity index (χ0n) is 8.20. The largest absolute Gasteiger partial charge is 0.489 e. The lowest BCUT2D eigenvalue weighted by atomic mass is 10.3. The number of ether oxygens (including phenoxy) is 1. The van der Waals surface area contributed by atoms with Crippen molar-refractivity contribution in [1.82, 2.24) is 0 Å². The van der Waals surface area contributed by atoms with Crippen molar-refractivity contribution in [1.29, 1.82) is 0 Å². The second-order valence-electron chi connectivity index (χ2n) is 3.20. The number of halogens is 2. The van der Waals surface area contributed by atoms with Crippen LogP contribution in [-0.4, -0.2) is 14.5 Å². The minimum absolute atomic E-state index is 0.0269. The van der Waals surface area contributed by atoms with E-state index in [1.165, 1.54) is 18.2 Å². The summed E-state index contributed by atoms with van der Waals surface area (Å²) in [6.07, 6.45) is -0.0269. The van der Waals surface area contributed by atoms with E-state index in [9.17, 15) is 8.42 Å². The zero-order valence-corrected chi connectivity index (χ0v) is 10.5. The van der Waals surface area contributed by atoms with Gasteiger partial charge in [-0.2, -0.15) is 0 Å². The molecule has 15 heavy (non-hydrogen) atoms. The number of hydrogen-bond donors (Lipinski definition) is 0. The Morgan fingerprint density at radius 2 is 1.93 bits per heavy atom. The summed E-state index contributed by atoms with van der Waals surface area (Å²) in [5.74, 6) is 0.440. The van der Waals surface area contributed by atoms with Crippen molar-refractivity contribution in [3.05, 3.63) is 23.2 Å². The van der Waals surface area contributed by atoms with Gasteiger partial charge in [-0.3, -0.25) is 0 Å². The minimum atomic E-state index is -3.74. The molecule has 0 aromatic heterocycles. The van der Waals surface area contributed by atoms with Gasteiger partial charge in [0.2, 0.25) is 0 Å². The molecule has 0 heterocycles. The molecule has 6 heteroatoms. The number of benzene rings is 1. The van der Waals surface area contributed by atoms with Crippen LogP contribution in [0.2, 0.25) is 5.02 Å². The summed E-state index contributed by atoms with van der Waals surface area (Å²) in [6.45, 7) is 3.70. The van der Waals surface area contributed by atoms with E-state index in [4.69, 9.17) is 27.0 Å². The van der Waals surface area contributed by atoms with Crippen molar-refractivity contribution < 1.29 is 13.2 Å². The van der Waals surface area contributed by atoms with Crippen molar-refractivity contribution in [2.75, 3.05) is 0 Å². The van der Waals surface area contributed by atoms with Gasteiger partial charge in [0.05, 0.1) is 16.0 Å². The topological polar surface area (TPSA) is 43.4 Å². The molecule has 1 rings (SSSR count). The van der Waals surface area contributed by atoms with E-state index in [1.54, 1.807) is 0 Å². The second-order valence-corrected chi connectivity index (χ2v) is 6.17. The second kappa shape index (κ2) is 4.60. The Bertz CT molecular complexity index is 454. The molecule has 0 unspecified atom stereocenters. The van der Waals surface area contributed by atoms with E-state index in [0.29, 0.717) is 5.75 Å². The van der Waals surface area contributed by atoms with Crippen molar-refractivity contribution in [2.45, 2.75) is 24.8 Å². The van der Waals surface area contributed by atoms with Crippen LogP contribution in [0, 0.1) is 0 Å². The molecule has 84 valence electrons. The lowest BCUT2D eigenvalue weighted by molar-refractivity contribution is 0.242. The van der Waals surface area contributed by atoms with Gasteiger partial charge in [0.15, 0.2) is 0 Å². The summed E-state index contributed by atoms with van der Waals surface area (Å²) in [5.41, 5.74) is 0. The van der Waals surface area contributed by atoms with Crippen LogP contribution in [0.4, 0.5) is 0 Å². The van der Waals surface area contributed by atoms with E-state index in [0.717, 1.165) is 0 Å². The standard InChI is InChI=1S/C9H10Cl2O3S/c1-6(2)14-9-4-3-7(5-8(9)10)15(11,12)13/h3-6H,1-2H3. The van der Waals surface area contributed by atoms with E-state index in [-0.39, 0.29) is 16.0 Å². The van der Waals surface area contributed by atoms with Gasteiger partial charge in [0.25, 0.3) is 9.05 Å². The normalized spacial score (nSPS) is 11.8. The van der Waals surface area contributed by atoms with Crippen LogP contribution in [-0.2, 0) is 9.05 Å². The average Bonchev–Trinajstić information content (AvgIpc) is 2.05.